The number of nitrogens with one attached hydrogen (secondary N) is 1. The number of hydrogen-bond acceptors (Lipinski definition) is 4. The number of anilines is 1. The van der Waals surface area contributed by atoms with E-state index in [9.17, 15) is 4.79 Å². The maximum atomic E-state index is 12.6. The average Bonchev–Trinajstić information content (AvgIpc) is 2.71. The van der Waals surface area contributed by atoms with Crippen molar-refractivity contribution in [3.63, 3.8) is 0 Å². The summed E-state index contributed by atoms with van der Waals surface area (Å²) in [7, 11) is 1.57. The fraction of sp³-hybridized carbons (Fsp3) is 0.462. The monoisotopic (exact) mass is 421 g/mol. The number of rotatable bonds is 6. The molecule has 0 radical (unpaired) electrons. The SMILES string of the molecule is CCCN1c2cc(C)c(/C=N\NC(=O)c3ccc(C)cc3OC)cc2C(C)CC1(C)C. The van der Waals surface area contributed by atoms with Crippen molar-refractivity contribution in [2.45, 2.75) is 65.8 Å². The first-order chi connectivity index (χ1) is 14.7. The fourth-order valence-corrected chi connectivity index (χ4v) is 4.64. The Hall–Kier alpha value is -2.82. The Kier molecular flexibility index (Phi) is 6.73. The number of carbonyl (C=O) groups is 1. The van der Waals surface area contributed by atoms with Crippen LogP contribution in [0.3, 0.4) is 0 Å². The zero-order valence-corrected chi connectivity index (χ0v) is 19.9. The fourth-order valence-electron chi connectivity index (χ4n) is 4.64. The summed E-state index contributed by atoms with van der Waals surface area (Å²) in [6.07, 6.45) is 3.97. The normalized spacial score (nSPS) is 17.5. The summed E-state index contributed by atoms with van der Waals surface area (Å²) in [5, 5.41) is 4.24. The van der Waals surface area contributed by atoms with Crippen molar-refractivity contribution < 1.29 is 9.53 Å². The summed E-state index contributed by atoms with van der Waals surface area (Å²) >= 11 is 0. The van der Waals surface area contributed by atoms with Gasteiger partial charge in [-0.2, -0.15) is 5.10 Å². The Labute approximate surface area is 186 Å². The van der Waals surface area contributed by atoms with Crippen molar-refractivity contribution in [3.05, 3.63) is 58.1 Å². The van der Waals surface area contributed by atoms with Crippen LogP contribution in [0.4, 0.5) is 5.69 Å². The molecule has 2 aromatic rings. The number of hydrazone groups is 1. The summed E-state index contributed by atoms with van der Waals surface area (Å²) in [4.78, 5) is 15.1. The van der Waals surface area contributed by atoms with E-state index in [0.717, 1.165) is 36.1 Å². The molecule has 1 heterocycles. The van der Waals surface area contributed by atoms with Gasteiger partial charge in [0.05, 0.1) is 18.9 Å². The summed E-state index contributed by atoms with van der Waals surface area (Å²) < 4.78 is 5.33. The molecule has 5 heteroatoms. The smallest absolute Gasteiger partial charge is 0.275 e. The molecule has 0 bridgehead atoms. The number of hydrogen-bond donors (Lipinski definition) is 1. The highest BCUT2D eigenvalue weighted by Gasteiger charge is 2.36. The molecule has 0 fully saturated rings. The van der Waals surface area contributed by atoms with Gasteiger partial charge in [-0.25, -0.2) is 5.43 Å². The molecule has 1 aliphatic heterocycles. The molecule has 0 saturated heterocycles. The van der Waals surface area contributed by atoms with Crippen molar-refractivity contribution in [3.8, 4) is 5.75 Å². The highest BCUT2D eigenvalue weighted by Crippen LogP contribution is 2.44. The number of ether oxygens (including phenoxy) is 1. The van der Waals surface area contributed by atoms with Gasteiger partial charge in [-0.15, -0.1) is 0 Å². The molecule has 0 aromatic heterocycles. The summed E-state index contributed by atoms with van der Waals surface area (Å²) in [5.74, 6) is 0.732. The van der Waals surface area contributed by atoms with Gasteiger partial charge < -0.3 is 9.64 Å². The quantitative estimate of drug-likeness (QED) is 0.489. The van der Waals surface area contributed by atoms with Gasteiger partial charge in [-0.3, -0.25) is 4.79 Å². The van der Waals surface area contributed by atoms with Gasteiger partial charge in [0.1, 0.15) is 5.75 Å². The Bertz CT molecular complexity index is 994. The van der Waals surface area contributed by atoms with Crippen molar-refractivity contribution >= 4 is 17.8 Å². The van der Waals surface area contributed by atoms with E-state index in [4.69, 9.17) is 4.74 Å². The highest BCUT2D eigenvalue weighted by molar-refractivity contribution is 5.97. The van der Waals surface area contributed by atoms with Crippen LogP contribution in [-0.4, -0.2) is 31.3 Å². The molecule has 1 amide bonds. The molecule has 1 aliphatic rings. The average molecular weight is 422 g/mol. The minimum atomic E-state index is -0.284. The molecule has 5 nitrogen and oxygen atoms in total. The zero-order chi connectivity index (χ0) is 22.8. The van der Waals surface area contributed by atoms with E-state index >= 15 is 0 Å². The molecule has 0 saturated carbocycles. The lowest BCUT2D eigenvalue weighted by Gasteiger charge is -2.48. The Morgan fingerprint density at radius 2 is 2.03 bits per heavy atom. The molecule has 1 atom stereocenters. The van der Waals surface area contributed by atoms with Crippen LogP contribution in [0.1, 0.15) is 79.1 Å². The second-order valence-corrected chi connectivity index (χ2v) is 9.24. The van der Waals surface area contributed by atoms with Crippen molar-refractivity contribution in [2.75, 3.05) is 18.6 Å². The van der Waals surface area contributed by atoms with Crippen molar-refractivity contribution in [1.29, 1.82) is 0 Å². The molecule has 1 N–H and O–H groups in total. The summed E-state index contributed by atoms with van der Waals surface area (Å²) in [6, 6.07) is 10.00. The first kappa shape index (κ1) is 22.9. The first-order valence-electron chi connectivity index (χ1n) is 11.1. The second kappa shape index (κ2) is 9.13. The predicted octanol–water partition coefficient (Wildman–Crippen LogP) is 5.58. The molecule has 2 aromatic carbocycles. The van der Waals surface area contributed by atoms with Gasteiger partial charge in [0.15, 0.2) is 0 Å². The Balaban J connectivity index is 1.84. The molecule has 31 heavy (non-hydrogen) atoms. The van der Waals surface area contributed by atoms with E-state index < -0.39 is 0 Å². The van der Waals surface area contributed by atoms with Gasteiger partial charge in [0, 0.05) is 17.8 Å². The van der Waals surface area contributed by atoms with E-state index in [0.29, 0.717) is 17.2 Å². The lowest BCUT2D eigenvalue weighted by molar-refractivity contribution is 0.0952. The number of aryl methyl sites for hydroxylation is 2. The minimum Gasteiger partial charge on any atom is -0.496 e. The van der Waals surface area contributed by atoms with E-state index in [1.54, 1.807) is 19.4 Å². The van der Waals surface area contributed by atoms with Gasteiger partial charge in [0.25, 0.3) is 5.91 Å². The Morgan fingerprint density at radius 1 is 1.29 bits per heavy atom. The number of nitrogens with zero attached hydrogens (tertiary/aromatic N) is 2. The van der Waals surface area contributed by atoms with Crippen LogP contribution in [0.25, 0.3) is 0 Å². The van der Waals surface area contributed by atoms with Crippen LogP contribution in [0.15, 0.2) is 35.4 Å². The maximum absolute atomic E-state index is 12.6. The molecule has 1 unspecified atom stereocenters. The highest BCUT2D eigenvalue weighted by atomic mass is 16.5. The lowest BCUT2D eigenvalue weighted by atomic mass is 9.79. The number of benzene rings is 2. The molecule has 166 valence electrons. The first-order valence-corrected chi connectivity index (χ1v) is 11.1. The number of fused-ring (bicyclic) bond motifs is 1. The number of amides is 1. The molecule has 0 aliphatic carbocycles. The van der Waals surface area contributed by atoms with E-state index in [1.807, 2.05) is 19.1 Å². The topological polar surface area (TPSA) is 53.9 Å². The molecular formula is C26H35N3O2. The van der Waals surface area contributed by atoms with Gasteiger partial charge >= 0.3 is 0 Å². The van der Waals surface area contributed by atoms with Crippen molar-refractivity contribution in [1.82, 2.24) is 5.43 Å². The van der Waals surface area contributed by atoms with Crippen LogP contribution >= 0.6 is 0 Å². The largest absolute Gasteiger partial charge is 0.496 e. The van der Waals surface area contributed by atoms with Gasteiger partial charge in [-0.05, 0) is 93.0 Å². The van der Waals surface area contributed by atoms with Gasteiger partial charge in [0.2, 0.25) is 0 Å². The standard InChI is InChI=1S/C26H35N3O2/c1-8-11-29-23-13-18(3)20(14-22(23)19(4)15-26(29,5)6)16-27-28-25(30)21-10-9-17(2)12-24(21)31-7/h9-10,12-14,16,19H,8,11,15H2,1-7H3,(H,28,30)/b27-16-. The molecule has 3 rings (SSSR count). The van der Waals surface area contributed by atoms with Gasteiger partial charge in [-0.1, -0.05) is 19.9 Å². The predicted molar refractivity (Wildman–Crippen MR) is 129 cm³/mol. The third-order valence-corrected chi connectivity index (χ3v) is 6.19. The summed E-state index contributed by atoms with van der Waals surface area (Å²) in [5.41, 5.74) is 9.15. The zero-order valence-electron chi connectivity index (χ0n) is 19.9. The lowest BCUT2D eigenvalue weighted by Crippen LogP contribution is -2.48. The second-order valence-electron chi connectivity index (χ2n) is 9.24. The number of carbonyl (C=O) groups excluding carboxylic acids is 1. The van der Waals surface area contributed by atoms with E-state index in [2.05, 4.69) is 62.2 Å². The van der Waals surface area contributed by atoms with Crippen LogP contribution in [-0.2, 0) is 0 Å². The van der Waals surface area contributed by atoms with E-state index in [1.165, 1.54) is 11.3 Å². The van der Waals surface area contributed by atoms with E-state index in [-0.39, 0.29) is 11.4 Å². The molecular weight excluding hydrogens is 386 g/mol. The number of methoxy groups -OCH3 is 1. The van der Waals surface area contributed by atoms with Crippen molar-refractivity contribution in [2.24, 2.45) is 5.10 Å². The van der Waals surface area contributed by atoms with Crippen LogP contribution in [0, 0.1) is 13.8 Å². The summed E-state index contributed by atoms with van der Waals surface area (Å²) in [6.45, 7) is 14.3. The van der Waals surface area contributed by atoms with Crippen LogP contribution in [0.2, 0.25) is 0 Å². The third kappa shape index (κ3) is 4.76. The third-order valence-electron chi connectivity index (χ3n) is 6.19. The molecule has 0 spiro atoms. The van der Waals surface area contributed by atoms with Crippen LogP contribution < -0.4 is 15.1 Å². The Morgan fingerprint density at radius 3 is 2.71 bits per heavy atom. The minimum absolute atomic E-state index is 0.144. The maximum Gasteiger partial charge on any atom is 0.275 e. The van der Waals surface area contributed by atoms with Crippen LogP contribution in [0.5, 0.6) is 5.75 Å².